The van der Waals surface area contributed by atoms with Crippen molar-refractivity contribution in [1.29, 1.82) is 0 Å². The van der Waals surface area contributed by atoms with Crippen molar-refractivity contribution in [2.45, 2.75) is 19.4 Å². The molecule has 0 radical (unpaired) electrons. The van der Waals surface area contributed by atoms with Gasteiger partial charge >= 0.3 is 12.0 Å². The Kier molecular flexibility index (Phi) is 6.45. The fraction of sp³-hybridized carbons (Fsp3) is 0.429. The van der Waals surface area contributed by atoms with E-state index in [1.165, 1.54) is 18.2 Å². The molecule has 2 amide bonds. The third-order valence-electron chi connectivity index (χ3n) is 2.79. The second-order valence-corrected chi connectivity index (χ2v) is 5.56. The Hall–Kier alpha value is -1.79. The second kappa shape index (κ2) is 7.85. The van der Waals surface area contributed by atoms with E-state index in [1.807, 2.05) is 25.9 Å². The van der Waals surface area contributed by atoms with Crippen LogP contribution in [0.25, 0.3) is 0 Å². The van der Waals surface area contributed by atoms with E-state index in [2.05, 4.69) is 10.6 Å². The van der Waals surface area contributed by atoms with Gasteiger partial charge in [0.1, 0.15) is 0 Å². The molecule has 0 saturated carbocycles. The van der Waals surface area contributed by atoms with Gasteiger partial charge < -0.3 is 20.6 Å². The standard InChI is InChI=1S/C14H20ClN3O3/c1-9(4-5-18(2)3)16-14(21)17-12-7-10(13(19)20)6-11(15)8-12/h6-9H,4-5H2,1-3H3,(H,19,20)(H2,16,17,21). The minimum atomic E-state index is -1.10. The molecule has 0 heterocycles. The van der Waals surface area contributed by atoms with Crippen molar-refractivity contribution in [1.82, 2.24) is 10.2 Å². The fourth-order valence-electron chi connectivity index (χ4n) is 1.70. The van der Waals surface area contributed by atoms with Gasteiger partial charge in [-0.1, -0.05) is 11.6 Å². The van der Waals surface area contributed by atoms with Crippen LogP contribution in [-0.2, 0) is 0 Å². The van der Waals surface area contributed by atoms with Gasteiger partial charge in [0, 0.05) is 16.8 Å². The highest BCUT2D eigenvalue weighted by molar-refractivity contribution is 6.31. The van der Waals surface area contributed by atoms with E-state index in [1.54, 1.807) is 0 Å². The number of nitrogens with one attached hydrogen (secondary N) is 2. The number of urea groups is 1. The van der Waals surface area contributed by atoms with Crippen LogP contribution >= 0.6 is 11.6 Å². The Balaban J connectivity index is 2.60. The molecule has 0 aromatic heterocycles. The zero-order valence-corrected chi connectivity index (χ0v) is 13.1. The Morgan fingerprint density at radius 3 is 2.57 bits per heavy atom. The van der Waals surface area contributed by atoms with Crippen molar-refractivity contribution in [3.05, 3.63) is 28.8 Å². The van der Waals surface area contributed by atoms with Gasteiger partial charge in [0.05, 0.1) is 5.56 Å². The highest BCUT2D eigenvalue weighted by Gasteiger charge is 2.10. The highest BCUT2D eigenvalue weighted by atomic mass is 35.5. The lowest BCUT2D eigenvalue weighted by Gasteiger charge is -2.17. The summed E-state index contributed by atoms with van der Waals surface area (Å²) in [5, 5.41) is 14.6. The van der Waals surface area contributed by atoms with Crippen LogP contribution in [0, 0.1) is 0 Å². The Bertz CT molecular complexity index is 520. The molecular weight excluding hydrogens is 294 g/mol. The largest absolute Gasteiger partial charge is 0.478 e. The summed E-state index contributed by atoms with van der Waals surface area (Å²) in [6.45, 7) is 2.77. The van der Waals surface area contributed by atoms with Crippen molar-refractivity contribution in [2.24, 2.45) is 0 Å². The van der Waals surface area contributed by atoms with Crippen molar-refractivity contribution in [2.75, 3.05) is 26.0 Å². The molecule has 6 nitrogen and oxygen atoms in total. The number of carbonyl (C=O) groups excluding carboxylic acids is 1. The van der Waals surface area contributed by atoms with Crippen LogP contribution in [0.4, 0.5) is 10.5 Å². The average molecular weight is 314 g/mol. The number of nitrogens with zero attached hydrogens (tertiary/aromatic N) is 1. The van der Waals surface area contributed by atoms with Gasteiger partial charge in [-0.05, 0) is 52.2 Å². The lowest BCUT2D eigenvalue weighted by molar-refractivity contribution is 0.0697. The Labute approximate surface area is 129 Å². The predicted molar refractivity (Wildman–Crippen MR) is 83.2 cm³/mol. The minimum absolute atomic E-state index is 0.00512. The molecule has 0 spiro atoms. The topological polar surface area (TPSA) is 81.7 Å². The normalized spacial score (nSPS) is 12.0. The zero-order valence-electron chi connectivity index (χ0n) is 12.3. The first kappa shape index (κ1) is 17.3. The van der Waals surface area contributed by atoms with Crippen molar-refractivity contribution in [3.63, 3.8) is 0 Å². The van der Waals surface area contributed by atoms with Gasteiger partial charge in [0.2, 0.25) is 0 Å². The van der Waals surface area contributed by atoms with Crippen molar-refractivity contribution in [3.8, 4) is 0 Å². The summed E-state index contributed by atoms with van der Waals surface area (Å²) in [6, 6.07) is 3.80. The predicted octanol–water partition coefficient (Wildman–Crippen LogP) is 2.50. The number of halogens is 1. The van der Waals surface area contributed by atoms with E-state index in [0.717, 1.165) is 13.0 Å². The summed E-state index contributed by atoms with van der Waals surface area (Å²) in [5.74, 6) is -1.10. The quantitative estimate of drug-likeness (QED) is 0.753. The maximum absolute atomic E-state index is 11.8. The number of hydrogen-bond donors (Lipinski definition) is 3. The number of aromatic carboxylic acids is 1. The number of carboxylic acid groups (broad SMARTS) is 1. The van der Waals surface area contributed by atoms with Crippen LogP contribution < -0.4 is 10.6 Å². The molecule has 0 aliphatic rings. The Morgan fingerprint density at radius 2 is 2.00 bits per heavy atom. The molecule has 1 aromatic rings. The molecular formula is C14H20ClN3O3. The number of rotatable bonds is 6. The summed E-state index contributed by atoms with van der Waals surface area (Å²) in [7, 11) is 3.93. The third kappa shape index (κ3) is 6.46. The lowest BCUT2D eigenvalue weighted by atomic mass is 10.2. The van der Waals surface area contributed by atoms with Crippen LogP contribution in [0.15, 0.2) is 18.2 Å². The van der Waals surface area contributed by atoms with Gasteiger partial charge in [-0.25, -0.2) is 9.59 Å². The molecule has 0 aliphatic heterocycles. The summed E-state index contributed by atoms with van der Waals surface area (Å²) in [5.41, 5.74) is 0.371. The average Bonchev–Trinajstić information content (AvgIpc) is 2.35. The van der Waals surface area contributed by atoms with E-state index in [-0.39, 0.29) is 22.7 Å². The molecule has 116 valence electrons. The van der Waals surface area contributed by atoms with Crippen LogP contribution in [0.5, 0.6) is 0 Å². The van der Waals surface area contributed by atoms with Gasteiger partial charge in [-0.3, -0.25) is 0 Å². The monoisotopic (exact) mass is 313 g/mol. The van der Waals surface area contributed by atoms with E-state index < -0.39 is 5.97 Å². The van der Waals surface area contributed by atoms with Gasteiger partial charge in [-0.15, -0.1) is 0 Å². The van der Waals surface area contributed by atoms with Crippen molar-refractivity contribution >= 4 is 29.3 Å². The maximum Gasteiger partial charge on any atom is 0.335 e. The smallest absolute Gasteiger partial charge is 0.335 e. The molecule has 0 bridgehead atoms. The summed E-state index contributed by atoms with van der Waals surface area (Å²) in [4.78, 5) is 24.8. The molecule has 3 N–H and O–H groups in total. The first-order valence-corrected chi connectivity index (χ1v) is 6.92. The SMILES string of the molecule is CC(CCN(C)C)NC(=O)Nc1cc(Cl)cc(C(=O)O)c1. The van der Waals surface area contributed by atoms with E-state index in [9.17, 15) is 9.59 Å². The minimum Gasteiger partial charge on any atom is -0.478 e. The summed E-state index contributed by atoms with van der Waals surface area (Å²) in [6.07, 6.45) is 0.816. The number of hydrogen-bond acceptors (Lipinski definition) is 3. The van der Waals surface area contributed by atoms with Crippen molar-refractivity contribution < 1.29 is 14.7 Å². The number of carbonyl (C=O) groups is 2. The fourth-order valence-corrected chi connectivity index (χ4v) is 1.94. The number of carboxylic acids is 1. The molecule has 0 saturated heterocycles. The highest BCUT2D eigenvalue weighted by Crippen LogP contribution is 2.19. The molecule has 7 heteroatoms. The molecule has 1 atom stereocenters. The molecule has 1 unspecified atom stereocenters. The van der Waals surface area contributed by atoms with E-state index in [4.69, 9.17) is 16.7 Å². The molecule has 1 rings (SSSR count). The van der Waals surface area contributed by atoms with Gasteiger partial charge in [-0.2, -0.15) is 0 Å². The Morgan fingerprint density at radius 1 is 1.33 bits per heavy atom. The lowest BCUT2D eigenvalue weighted by Crippen LogP contribution is -2.37. The first-order chi connectivity index (χ1) is 9.77. The van der Waals surface area contributed by atoms with E-state index in [0.29, 0.717) is 5.69 Å². The molecule has 0 aliphatic carbocycles. The van der Waals surface area contributed by atoms with Crippen LogP contribution in [0.2, 0.25) is 5.02 Å². The number of amides is 2. The molecule has 0 fully saturated rings. The maximum atomic E-state index is 11.8. The summed E-state index contributed by atoms with van der Waals surface area (Å²) < 4.78 is 0. The molecule has 21 heavy (non-hydrogen) atoms. The van der Waals surface area contributed by atoms with Crippen LogP contribution in [0.3, 0.4) is 0 Å². The van der Waals surface area contributed by atoms with Gasteiger partial charge in [0.15, 0.2) is 0 Å². The van der Waals surface area contributed by atoms with Crippen LogP contribution in [-0.4, -0.2) is 48.7 Å². The zero-order chi connectivity index (χ0) is 16.0. The van der Waals surface area contributed by atoms with E-state index >= 15 is 0 Å². The number of benzene rings is 1. The molecule has 1 aromatic carbocycles. The summed E-state index contributed by atoms with van der Waals surface area (Å²) >= 11 is 5.83. The third-order valence-corrected chi connectivity index (χ3v) is 3.01. The van der Waals surface area contributed by atoms with Crippen LogP contribution in [0.1, 0.15) is 23.7 Å². The second-order valence-electron chi connectivity index (χ2n) is 5.13. The first-order valence-electron chi connectivity index (χ1n) is 6.54. The number of anilines is 1. The van der Waals surface area contributed by atoms with Gasteiger partial charge in [0.25, 0.3) is 0 Å².